The van der Waals surface area contributed by atoms with Crippen LogP contribution in [0.4, 0.5) is 5.69 Å². The van der Waals surface area contributed by atoms with Crippen LogP contribution in [-0.4, -0.2) is 49.0 Å². The smallest absolute Gasteiger partial charge is 0.243 e. The van der Waals surface area contributed by atoms with Crippen molar-refractivity contribution < 1.29 is 19.1 Å². The monoisotopic (exact) mass is 468 g/mol. The molecule has 2 aromatic carbocycles. The lowest BCUT2D eigenvalue weighted by molar-refractivity contribution is -0.131. The van der Waals surface area contributed by atoms with Gasteiger partial charge in [-0.15, -0.1) is 11.8 Å². The van der Waals surface area contributed by atoms with E-state index in [-0.39, 0.29) is 29.9 Å². The Bertz CT molecular complexity index is 953. The van der Waals surface area contributed by atoms with Crippen LogP contribution < -0.4 is 10.1 Å². The molecule has 2 aromatic rings. The molecule has 0 aliphatic rings. The number of carbonyl (C=O) groups is 3. The number of thioether (sulfide) groups is 1. The third-order valence-electron chi connectivity index (χ3n) is 4.18. The Balaban J connectivity index is 1.85. The Kier molecular flexibility index (Phi) is 9.02. The SMILES string of the molecule is COc1ccc(C(C)=O)cc1CSCC(=O)N(C)CC(=O)Nc1ccc(Cl)c(Cl)c1. The summed E-state index contributed by atoms with van der Waals surface area (Å²) in [6, 6.07) is 9.98. The molecule has 0 bridgehead atoms. The minimum Gasteiger partial charge on any atom is -0.496 e. The van der Waals surface area contributed by atoms with Crippen LogP contribution in [0.2, 0.25) is 10.0 Å². The molecule has 0 unspecified atom stereocenters. The number of amides is 2. The van der Waals surface area contributed by atoms with Crippen LogP contribution in [0.15, 0.2) is 36.4 Å². The van der Waals surface area contributed by atoms with Gasteiger partial charge in [0.15, 0.2) is 5.78 Å². The fraction of sp³-hybridized carbons (Fsp3) is 0.286. The predicted molar refractivity (Wildman–Crippen MR) is 122 cm³/mol. The topological polar surface area (TPSA) is 75.7 Å². The first-order chi connectivity index (χ1) is 14.2. The number of carbonyl (C=O) groups excluding carboxylic acids is 3. The van der Waals surface area contributed by atoms with Gasteiger partial charge in [-0.3, -0.25) is 14.4 Å². The van der Waals surface area contributed by atoms with Crippen LogP contribution in [0.5, 0.6) is 5.75 Å². The van der Waals surface area contributed by atoms with Gasteiger partial charge in [-0.2, -0.15) is 0 Å². The second-order valence-corrected chi connectivity index (χ2v) is 8.30. The van der Waals surface area contributed by atoms with Crippen molar-refractivity contribution in [2.24, 2.45) is 0 Å². The summed E-state index contributed by atoms with van der Waals surface area (Å²) in [4.78, 5) is 37.4. The highest BCUT2D eigenvalue weighted by Crippen LogP contribution is 2.26. The summed E-state index contributed by atoms with van der Waals surface area (Å²) >= 11 is 13.2. The molecule has 30 heavy (non-hydrogen) atoms. The summed E-state index contributed by atoms with van der Waals surface area (Å²) in [7, 11) is 3.12. The highest BCUT2D eigenvalue weighted by atomic mass is 35.5. The lowest BCUT2D eigenvalue weighted by Crippen LogP contribution is -2.36. The summed E-state index contributed by atoms with van der Waals surface area (Å²) in [6.45, 7) is 1.41. The zero-order valence-electron chi connectivity index (χ0n) is 16.8. The minimum absolute atomic E-state index is 0.0345. The number of halogens is 2. The lowest BCUT2D eigenvalue weighted by atomic mass is 10.1. The molecule has 0 aliphatic carbocycles. The first-order valence-corrected chi connectivity index (χ1v) is 10.9. The molecule has 6 nitrogen and oxygen atoms in total. The molecule has 0 radical (unpaired) electrons. The fourth-order valence-electron chi connectivity index (χ4n) is 2.55. The molecule has 0 aromatic heterocycles. The van der Waals surface area contributed by atoms with E-state index in [4.69, 9.17) is 27.9 Å². The molecule has 2 rings (SSSR count). The van der Waals surface area contributed by atoms with Crippen LogP contribution in [-0.2, 0) is 15.3 Å². The molecule has 160 valence electrons. The number of hydrogen-bond donors (Lipinski definition) is 1. The van der Waals surface area contributed by atoms with Gasteiger partial charge in [0, 0.05) is 29.6 Å². The van der Waals surface area contributed by atoms with Crippen LogP contribution in [0.25, 0.3) is 0 Å². The third kappa shape index (κ3) is 6.93. The fourth-order valence-corrected chi connectivity index (χ4v) is 3.79. The van der Waals surface area contributed by atoms with Gasteiger partial charge in [0.2, 0.25) is 11.8 Å². The van der Waals surface area contributed by atoms with Gasteiger partial charge in [0.1, 0.15) is 5.75 Å². The number of rotatable bonds is 9. The average Bonchev–Trinajstić information content (AvgIpc) is 2.70. The Morgan fingerprint density at radius 3 is 2.47 bits per heavy atom. The van der Waals surface area contributed by atoms with Gasteiger partial charge in [0.05, 0.1) is 29.5 Å². The number of methoxy groups -OCH3 is 1. The second kappa shape index (κ2) is 11.2. The molecular formula is C21H22Cl2N2O4S. The molecule has 0 saturated carbocycles. The molecule has 9 heteroatoms. The normalized spacial score (nSPS) is 10.4. The van der Waals surface area contributed by atoms with Crippen LogP contribution in [0.1, 0.15) is 22.8 Å². The van der Waals surface area contributed by atoms with E-state index in [1.807, 2.05) is 0 Å². The number of hydrogen-bond acceptors (Lipinski definition) is 5. The maximum absolute atomic E-state index is 12.4. The van der Waals surface area contributed by atoms with Gasteiger partial charge >= 0.3 is 0 Å². The molecule has 0 spiro atoms. The number of nitrogens with one attached hydrogen (secondary N) is 1. The van der Waals surface area contributed by atoms with Crippen LogP contribution in [0.3, 0.4) is 0 Å². The van der Waals surface area contributed by atoms with E-state index in [9.17, 15) is 14.4 Å². The van der Waals surface area contributed by atoms with Crippen molar-refractivity contribution >= 4 is 58.2 Å². The van der Waals surface area contributed by atoms with Crippen molar-refractivity contribution in [2.45, 2.75) is 12.7 Å². The number of anilines is 1. The Hall–Kier alpha value is -2.22. The molecule has 0 fully saturated rings. The number of ketones is 1. The van der Waals surface area contributed by atoms with Gasteiger partial charge in [-0.05, 0) is 43.3 Å². The first-order valence-electron chi connectivity index (χ1n) is 8.95. The van der Waals surface area contributed by atoms with Crippen molar-refractivity contribution in [1.29, 1.82) is 0 Å². The molecule has 0 saturated heterocycles. The van der Waals surface area contributed by atoms with E-state index >= 15 is 0 Å². The van der Waals surface area contributed by atoms with Crippen molar-refractivity contribution in [3.8, 4) is 5.75 Å². The van der Waals surface area contributed by atoms with E-state index in [0.717, 1.165) is 5.56 Å². The van der Waals surface area contributed by atoms with Gasteiger partial charge < -0.3 is 15.0 Å². The largest absolute Gasteiger partial charge is 0.496 e. The number of benzene rings is 2. The minimum atomic E-state index is -0.343. The van der Waals surface area contributed by atoms with Crippen molar-refractivity contribution in [1.82, 2.24) is 4.90 Å². The molecule has 0 atom stereocenters. The number of ether oxygens (including phenoxy) is 1. The summed E-state index contributed by atoms with van der Waals surface area (Å²) in [5.74, 6) is 0.779. The number of likely N-dealkylation sites (N-methyl/N-ethyl adjacent to an activating group) is 1. The maximum Gasteiger partial charge on any atom is 0.243 e. The average molecular weight is 469 g/mol. The number of Topliss-reactive ketones (excluding diaryl/α,β-unsaturated/α-hetero) is 1. The van der Waals surface area contributed by atoms with Gasteiger partial charge in [-0.1, -0.05) is 23.2 Å². The van der Waals surface area contributed by atoms with Crippen LogP contribution >= 0.6 is 35.0 Å². The standard InChI is InChI=1S/C21H22Cl2N2O4S/c1-13(26)14-4-7-19(29-3)15(8-14)11-30-12-21(28)25(2)10-20(27)24-16-5-6-17(22)18(23)9-16/h4-9H,10-12H2,1-3H3,(H,24,27). The predicted octanol–water partition coefficient (Wildman–Crippen LogP) is 4.53. The van der Waals surface area contributed by atoms with Gasteiger partial charge in [-0.25, -0.2) is 0 Å². The summed E-state index contributed by atoms with van der Waals surface area (Å²) in [5.41, 5.74) is 1.93. The quantitative estimate of drug-likeness (QED) is 0.546. The highest BCUT2D eigenvalue weighted by Gasteiger charge is 2.15. The Morgan fingerprint density at radius 2 is 1.83 bits per heavy atom. The molecule has 2 amide bonds. The van der Waals surface area contributed by atoms with Gasteiger partial charge in [0.25, 0.3) is 0 Å². The second-order valence-electron chi connectivity index (χ2n) is 6.50. The zero-order valence-corrected chi connectivity index (χ0v) is 19.2. The van der Waals surface area contributed by atoms with Crippen molar-refractivity contribution in [3.63, 3.8) is 0 Å². The van der Waals surface area contributed by atoms with Crippen molar-refractivity contribution in [2.75, 3.05) is 31.8 Å². The maximum atomic E-state index is 12.4. The van der Waals surface area contributed by atoms with Crippen LogP contribution in [0, 0.1) is 0 Å². The number of nitrogens with zero attached hydrogens (tertiary/aromatic N) is 1. The Morgan fingerprint density at radius 1 is 1.10 bits per heavy atom. The van der Waals surface area contributed by atoms with Crippen molar-refractivity contribution in [3.05, 3.63) is 57.6 Å². The summed E-state index contributed by atoms with van der Waals surface area (Å²) < 4.78 is 5.32. The highest BCUT2D eigenvalue weighted by molar-refractivity contribution is 7.99. The molecule has 0 heterocycles. The molecular weight excluding hydrogens is 447 g/mol. The zero-order chi connectivity index (χ0) is 22.3. The van der Waals surface area contributed by atoms with E-state index in [0.29, 0.717) is 32.8 Å². The third-order valence-corrected chi connectivity index (χ3v) is 5.89. The summed E-state index contributed by atoms with van der Waals surface area (Å²) in [5, 5.41) is 3.40. The summed E-state index contributed by atoms with van der Waals surface area (Å²) in [6.07, 6.45) is 0. The van der Waals surface area contributed by atoms with E-state index in [1.54, 1.807) is 50.6 Å². The lowest BCUT2D eigenvalue weighted by Gasteiger charge is -2.17. The van der Waals surface area contributed by atoms with E-state index in [1.165, 1.54) is 23.6 Å². The molecule has 0 aliphatic heterocycles. The molecule has 1 N–H and O–H groups in total. The Labute approximate surface area is 189 Å². The van der Waals surface area contributed by atoms with E-state index in [2.05, 4.69) is 5.32 Å². The van der Waals surface area contributed by atoms with E-state index < -0.39 is 0 Å². The first kappa shape index (κ1) is 24.1.